The molecule has 1 saturated heterocycles. The molecule has 6 heteroatoms. The third-order valence-corrected chi connectivity index (χ3v) is 3.10. The zero-order valence-electron chi connectivity index (χ0n) is 10.0. The molecule has 2 rings (SSSR count). The van der Waals surface area contributed by atoms with Gasteiger partial charge in [0, 0.05) is 6.54 Å². The molecule has 0 spiro atoms. The molecule has 0 aromatic carbocycles. The van der Waals surface area contributed by atoms with E-state index >= 15 is 0 Å². The number of pyridine rings is 1. The Hall–Kier alpha value is -1.95. The highest BCUT2D eigenvalue weighted by Gasteiger charge is 2.29. The first-order chi connectivity index (χ1) is 8.58. The molecule has 1 aliphatic rings. The van der Waals surface area contributed by atoms with Crippen LogP contribution in [0.3, 0.4) is 0 Å². The van der Waals surface area contributed by atoms with Crippen LogP contribution in [0, 0.1) is 11.8 Å². The second-order valence-corrected chi connectivity index (χ2v) is 4.47. The Kier molecular flexibility index (Phi) is 3.57. The number of nitrogens with one attached hydrogen (secondary N) is 2. The number of carboxylic acids is 1. The molecule has 1 amide bonds. The van der Waals surface area contributed by atoms with Crippen LogP contribution in [0.5, 0.6) is 0 Å². The van der Waals surface area contributed by atoms with Gasteiger partial charge in [-0.15, -0.1) is 0 Å². The van der Waals surface area contributed by atoms with Gasteiger partial charge in [0.2, 0.25) is 5.91 Å². The van der Waals surface area contributed by atoms with Crippen molar-refractivity contribution in [2.75, 3.05) is 18.4 Å². The van der Waals surface area contributed by atoms with Crippen molar-refractivity contribution in [3.8, 4) is 0 Å². The molecule has 1 aliphatic heterocycles. The van der Waals surface area contributed by atoms with E-state index in [9.17, 15) is 9.59 Å². The lowest BCUT2D eigenvalue weighted by atomic mass is 9.97. The highest BCUT2D eigenvalue weighted by Crippen LogP contribution is 2.18. The van der Waals surface area contributed by atoms with Gasteiger partial charge in [-0.05, 0) is 24.6 Å². The molecule has 1 aromatic heterocycles. The van der Waals surface area contributed by atoms with Crippen LogP contribution < -0.4 is 10.6 Å². The van der Waals surface area contributed by atoms with E-state index < -0.39 is 5.97 Å². The van der Waals surface area contributed by atoms with Gasteiger partial charge < -0.3 is 15.7 Å². The second kappa shape index (κ2) is 5.14. The SMILES string of the molecule is C[C@@H]1CNC[C@H]1C(=O)Nc1ccc(C(=O)O)nc1. The molecule has 6 nitrogen and oxygen atoms in total. The molecule has 0 radical (unpaired) electrons. The maximum Gasteiger partial charge on any atom is 0.354 e. The lowest BCUT2D eigenvalue weighted by Gasteiger charge is -2.13. The number of hydrogen-bond donors (Lipinski definition) is 3. The van der Waals surface area contributed by atoms with Crippen molar-refractivity contribution in [3.63, 3.8) is 0 Å². The largest absolute Gasteiger partial charge is 0.477 e. The smallest absolute Gasteiger partial charge is 0.354 e. The highest BCUT2D eigenvalue weighted by molar-refractivity contribution is 5.93. The Morgan fingerprint density at radius 1 is 1.44 bits per heavy atom. The maximum absolute atomic E-state index is 11.9. The van der Waals surface area contributed by atoms with Crippen LogP contribution in [0.1, 0.15) is 17.4 Å². The topological polar surface area (TPSA) is 91.3 Å². The minimum atomic E-state index is -1.08. The number of amides is 1. The third-order valence-electron chi connectivity index (χ3n) is 3.10. The standard InChI is InChI=1S/C12H15N3O3/c1-7-4-13-6-9(7)11(16)15-8-2-3-10(12(17)18)14-5-8/h2-3,5,7,9,13H,4,6H2,1H3,(H,15,16)(H,17,18)/t7-,9-/m1/s1. The summed E-state index contributed by atoms with van der Waals surface area (Å²) in [6.07, 6.45) is 1.36. The molecule has 2 atom stereocenters. The van der Waals surface area contributed by atoms with E-state index in [1.807, 2.05) is 6.92 Å². The summed E-state index contributed by atoms with van der Waals surface area (Å²) in [7, 11) is 0. The molecule has 3 N–H and O–H groups in total. The van der Waals surface area contributed by atoms with E-state index in [1.54, 1.807) is 6.07 Å². The van der Waals surface area contributed by atoms with Crippen LogP contribution in [0.25, 0.3) is 0 Å². The summed E-state index contributed by atoms with van der Waals surface area (Å²) in [4.78, 5) is 26.3. The first-order valence-electron chi connectivity index (χ1n) is 5.79. The lowest BCUT2D eigenvalue weighted by molar-refractivity contribution is -0.120. The van der Waals surface area contributed by atoms with Crippen molar-refractivity contribution in [1.29, 1.82) is 0 Å². The number of carbonyl (C=O) groups is 2. The van der Waals surface area contributed by atoms with E-state index in [-0.39, 0.29) is 17.5 Å². The summed E-state index contributed by atoms with van der Waals surface area (Å²) < 4.78 is 0. The zero-order valence-corrected chi connectivity index (χ0v) is 10.0. The molecule has 1 fully saturated rings. The number of hydrogen-bond acceptors (Lipinski definition) is 4. The number of aromatic nitrogens is 1. The predicted molar refractivity (Wildman–Crippen MR) is 65.3 cm³/mol. The lowest BCUT2D eigenvalue weighted by Crippen LogP contribution is -2.27. The van der Waals surface area contributed by atoms with Crippen molar-refractivity contribution < 1.29 is 14.7 Å². The van der Waals surface area contributed by atoms with Gasteiger partial charge in [-0.3, -0.25) is 4.79 Å². The van der Waals surface area contributed by atoms with E-state index in [0.717, 1.165) is 6.54 Å². The van der Waals surface area contributed by atoms with Crippen LogP contribution >= 0.6 is 0 Å². The number of carboxylic acid groups (broad SMARTS) is 1. The van der Waals surface area contributed by atoms with Crippen molar-refractivity contribution in [1.82, 2.24) is 10.3 Å². The molecular weight excluding hydrogens is 234 g/mol. The fourth-order valence-electron chi connectivity index (χ4n) is 1.99. The Labute approximate surface area is 104 Å². The average molecular weight is 249 g/mol. The van der Waals surface area contributed by atoms with Crippen molar-refractivity contribution in [3.05, 3.63) is 24.0 Å². The maximum atomic E-state index is 11.9. The van der Waals surface area contributed by atoms with E-state index in [4.69, 9.17) is 5.11 Å². The molecule has 18 heavy (non-hydrogen) atoms. The van der Waals surface area contributed by atoms with Gasteiger partial charge in [0.1, 0.15) is 5.69 Å². The van der Waals surface area contributed by atoms with Crippen LogP contribution in [0.4, 0.5) is 5.69 Å². The molecule has 0 aliphatic carbocycles. The van der Waals surface area contributed by atoms with Crippen LogP contribution in [-0.2, 0) is 4.79 Å². The fourth-order valence-corrected chi connectivity index (χ4v) is 1.99. The first kappa shape index (κ1) is 12.5. The van der Waals surface area contributed by atoms with E-state index in [1.165, 1.54) is 12.3 Å². The van der Waals surface area contributed by atoms with Gasteiger partial charge in [0.05, 0.1) is 17.8 Å². The quantitative estimate of drug-likeness (QED) is 0.728. The summed E-state index contributed by atoms with van der Waals surface area (Å²) >= 11 is 0. The van der Waals surface area contributed by atoms with Crippen LogP contribution in [0.2, 0.25) is 0 Å². The summed E-state index contributed by atoms with van der Waals surface area (Å²) in [5.74, 6) is -0.890. The molecule has 0 unspecified atom stereocenters. The van der Waals surface area contributed by atoms with Gasteiger partial charge in [0.25, 0.3) is 0 Å². The number of anilines is 1. The summed E-state index contributed by atoms with van der Waals surface area (Å²) in [5, 5.41) is 14.6. The summed E-state index contributed by atoms with van der Waals surface area (Å²) in [6, 6.07) is 2.91. The van der Waals surface area contributed by atoms with Gasteiger partial charge >= 0.3 is 5.97 Å². The number of aromatic carboxylic acids is 1. The molecule has 1 aromatic rings. The monoisotopic (exact) mass is 249 g/mol. The van der Waals surface area contributed by atoms with Crippen LogP contribution in [-0.4, -0.2) is 35.1 Å². The van der Waals surface area contributed by atoms with E-state index in [2.05, 4.69) is 15.6 Å². The predicted octanol–water partition coefficient (Wildman–Crippen LogP) is 0.574. The number of rotatable bonds is 3. The number of nitrogens with zero attached hydrogens (tertiary/aromatic N) is 1. The van der Waals surface area contributed by atoms with Crippen molar-refractivity contribution >= 4 is 17.6 Å². The molecule has 96 valence electrons. The van der Waals surface area contributed by atoms with Gasteiger partial charge in [-0.2, -0.15) is 0 Å². The Bertz CT molecular complexity index is 458. The summed E-state index contributed by atoms with van der Waals surface area (Å²) in [6.45, 7) is 3.54. The zero-order chi connectivity index (χ0) is 13.1. The van der Waals surface area contributed by atoms with Crippen molar-refractivity contribution in [2.45, 2.75) is 6.92 Å². The third kappa shape index (κ3) is 2.65. The molecular formula is C12H15N3O3. The minimum absolute atomic E-state index is 0.0381. The summed E-state index contributed by atoms with van der Waals surface area (Å²) in [5.41, 5.74) is 0.480. The molecule has 0 bridgehead atoms. The van der Waals surface area contributed by atoms with Gasteiger partial charge in [-0.1, -0.05) is 6.92 Å². The molecule has 0 saturated carbocycles. The number of carbonyl (C=O) groups excluding carboxylic acids is 1. The van der Waals surface area contributed by atoms with Gasteiger partial charge in [-0.25, -0.2) is 9.78 Å². The highest BCUT2D eigenvalue weighted by atomic mass is 16.4. The van der Waals surface area contributed by atoms with E-state index in [0.29, 0.717) is 18.2 Å². The Morgan fingerprint density at radius 2 is 2.22 bits per heavy atom. The Morgan fingerprint density at radius 3 is 2.72 bits per heavy atom. The van der Waals surface area contributed by atoms with Gasteiger partial charge in [0.15, 0.2) is 0 Å². The normalized spacial score (nSPS) is 22.7. The fraction of sp³-hybridized carbons (Fsp3) is 0.417. The van der Waals surface area contributed by atoms with Crippen molar-refractivity contribution in [2.24, 2.45) is 11.8 Å². The Balaban J connectivity index is 2.00. The minimum Gasteiger partial charge on any atom is -0.477 e. The average Bonchev–Trinajstić information content (AvgIpc) is 2.76. The van der Waals surface area contributed by atoms with Crippen LogP contribution in [0.15, 0.2) is 18.3 Å². The first-order valence-corrected chi connectivity index (χ1v) is 5.79. The second-order valence-electron chi connectivity index (χ2n) is 4.47. The molecule has 2 heterocycles.